The lowest BCUT2D eigenvalue weighted by Crippen LogP contribution is -2.24. The molecule has 1 aromatic carbocycles. The monoisotopic (exact) mass is 411 g/mol. The van der Waals surface area contributed by atoms with E-state index in [0.29, 0.717) is 28.7 Å². The van der Waals surface area contributed by atoms with Gasteiger partial charge in [0, 0.05) is 30.0 Å². The number of amides is 2. The summed E-state index contributed by atoms with van der Waals surface area (Å²) in [6, 6.07) is 4.26. The van der Waals surface area contributed by atoms with Crippen molar-refractivity contribution >= 4 is 28.8 Å². The van der Waals surface area contributed by atoms with Gasteiger partial charge in [0.25, 0.3) is 11.8 Å². The fourth-order valence-corrected chi connectivity index (χ4v) is 3.00. The molecule has 0 atom stereocenters. The van der Waals surface area contributed by atoms with E-state index >= 15 is 0 Å². The van der Waals surface area contributed by atoms with Crippen LogP contribution in [0.1, 0.15) is 60.4 Å². The third-order valence-corrected chi connectivity index (χ3v) is 4.71. The smallest absolute Gasteiger partial charge is 0.258 e. The molecule has 2 heterocycles. The van der Waals surface area contributed by atoms with Crippen molar-refractivity contribution in [3.8, 4) is 0 Å². The first-order valence-electron chi connectivity index (χ1n) is 9.86. The van der Waals surface area contributed by atoms with Crippen molar-refractivity contribution in [2.75, 3.05) is 11.9 Å². The van der Waals surface area contributed by atoms with E-state index in [0.717, 1.165) is 6.42 Å². The Morgan fingerprint density at radius 2 is 1.93 bits per heavy atom. The van der Waals surface area contributed by atoms with Crippen LogP contribution in [0.3, 0.4) is 0 Å². The molecular formula is C22H26FN5O2. The molecule has 0 aliphatic rings. The summed E-state index contributed by atoms with van der Waals surface area (Å²) in [5.41, 5.74) is 1.29. The molecule has 0 unspecified atom stereocenters. The summed E-state index contributed by atoms with van der Waals surface area (Å²) < 4.78 is 15.7. The highest BCUT2D eigenvalue weighted by molar-refractivity contribution is 6.07. The molecule has 2 N–H and O–H groups in total. The number of carbonyl (C=O) groups is 2. The fourth-order valence-electron chi connectivity index (χ4n) is 3.00. The Bertz CT molecular complexity index is 1110. The Balaban J connectivity index is 1.98. The van der Waals surface area contributed by atoms with Gasteiger partial charge in [0.05, 0.1) is 10.9 Å². The van der Waals surface area contributed by atoms with Crippen LogP contribution >= 0.6 is 0 Å². The minimum absolute atomic E-state index is 0.0811. The van der Waals surface area contributed by atoms with Gasteiger partial charge in [-0.2, -0.15) is 4.98 Å². The van der Waals surface area contributed by atoms with E-state index in [1.165, 1.54) is 12.3 Å². The van der Waals surface area contributed by atoms with E-state index in [2.05, 4.69) is 20.6 Å². The van der Waals surface area contributed by atoms with Crippen molar-refractivity contribution in [1.29, 1.82) is 0 Å². The number of aromatic nitrogens is 3. The number of nitrogens with one attached hydrogen (secondary N) is 2. The Labute approximate surface area is 174 Å². The molecule has 0 spiro atoms. The second-order valence-corrected chi connectivity index (χ2v) is 8.19. The number of aryl methyl sites for hydroxylation is 1. The third-order valence-electron chi connectivity index (χ3n) is 4.71. The van der Waals surface area contributed by atoms with E-state index in [9.17, 15) is 14.0 Å². The van der Waals surface area contributed by atoms with Gasteiger partial charge in [-0.1, -0.05) is 13.0 Å². The first-order chi connectivity index (χ1) is 14.1. The fraction of sp³-hybridized carbons (Fsp3) is 0.364. The van der Waals surface area contributed by atoms with Crippen LogP contribution in [0.15, 0.2) is 30.6 Å². The molecule has 30 heavy (non-hydrogen) atoms. The van der Waals surface area contributed by atoms with Crippen LogP contribution in [0.2, 0.25) is 0 Å². The lowest BCUT2D eigenvalue weighted by atomic mass is 10.1. The predicted molar refractivity (Wildman–Crippen MR) is 114 cm³/mol. The Hall–Kier alpha value is -3.29. The Morgan fingerprint density at radius 1 is 1.20 bits per heavy atom. The van der Waals surface area contributed by atoms with Crippen LogP contribution in [0.4, 0.5) is 10.3 Å². The van der Waals surface area contributed by atoms with Crippen LogP contribution in [0.5, 0.6) is 0 Å². The molecule has 0 radical (unpaired) electrons. The summed E-state index contributed by atoms with van der Waals surface area (Å²) >= 11 is 0. The van der Waals surface area contributed by atoms with Gasteiger partial charge in [-0.15, -0.1) is 0 Å². The van der Waals surface area contributed by atoms with Crippen molar-refractivity contribution in [2.24, 2.45) is 0 Å². The van der Waals surface area contributed by atoms with E-state index in [-0.39, 0.29) is 23.0 Å². The van der Waals surface area contributed by atoms with E-state index in [1.54, 1.807) is 25.3 Å². The van der Waals surface area contributed by atoms with Gasteiger partial charge in [-0.25, -0.2) is 9.37 Å². The number of halogens is 1. The van der Waals surface area contributed by atoms with Crippen LogP contribution in [-0.2, 0) is 5.54 Å². The van der Waals surface area contributed by atoms with Gasteiger partial charge >= 0.3 is 0 Å². The predicted octanol–water partition coefficient (Wildman–Crippen LogP) is 4.03. The molecule has 0 aliphatic carbocycles. The number of hydrogen-bond donors (Lipinski definition) is 2. The van der Waals surface area contributed by atoms with Crippen molar-refractivity contribution in [2.45, 2.75) is 46.6 Å². The zero-order valence-corrected chi connectivity index (χ0v) is 17.8. The topological polar surface area (TPSA) is 88.9 Å². The number of nitrogens with zero attached hydrogens (tertiary/aromatic N) is 3. The standard InChI is InChI=1S/C22H26FN5O2/c1-6-9-24-20(30)16-12-28(22(3,4)5)18-15(16)11-25-21(26-18)27-19(29)14-8-7-13(2)17(23)10-14/h7-8,10-12H,6,9H2,1-5H3,(H,24,30)(H,25,26,27,29). The van der Waals surface area contributed by atoms with Crippen LogP contribution in [0, 0.1) is 12.7 Å². The van der Waals surface area contributed by atoms with Crippen LogP contribution < -0.4 is 10.6 Å². The average Bonchev–Trinajstić information content (AvgIpc) is 3.07. The largest absolute Gasteiger partial charge is 0.352 e. The molecule has 8 heteroatoms. The number of hydrogen-bond acceptors (Lipinski definition) is 4. The Kier molecular flexibility index (Phi) is 5.87. The molecule has 0 fully saturated rings. The van der Waals surface area contributed by atoms with Crippen molar-refractivity contribution < 1.29 is 14.0 Å². The summed E-state index contributed by atoms with van der Waals surface area (Å²) in [7, 11) is 0. The highest BCUT2D eigenvalue weighted by Crippen LogP contribution is 2.27. The van der Waals surface area contributed by atoms with Crippen LogP contribution in [-0.4, -0.2) is 32.9 Å². The summed E-state index contributed by atoms with van der Waals surface area (Å²) in [5.74, 6) is -1.08. The zero-order chi connectivity index (χ0) is 22.1. The normalized spacial score (nSPS) is 11.5. The van der Waals surface area contributed by atoms with Crippen molar-refractivity contribution in [3.63, 3.8) is 0 Å². The number of fused-ring (bicyclic) bond motifs is 1. The average molecular weight is 411 g/mol. The molecule has 0 bridgehead atoms. The summed E-state index contributed by atoms with van der Waals surface area (Å²) in [4.78, 5) is 33.8. The molecule has 7 nitrogen and oxygen atoms in total. The first-order valence-corrected chi connectivity index (χ1v) is 9.86. The minimum atomic E-state index is -0.511. The van der Waals surface area contributed by atoms with E-state index in [4.69, 9.17) is 0 Å². The van der Waals surface area contributed by atoms with Crippen LogP contribution in [0.25, 0.3) is 11.0 Å². The number of carbonyl (C=O) groups excluding carboxylic acids is 2. The lowest BCUT2D eigenvalue weighted by Gasteiger charge is -2.22. The first kappa shape index (κ1) is 21.4. The second-order valence-electron chi connectivity index (χ2n) is 8.19. The summed E-state index contributed by atoms with van der Waals surface area (Å²) in [6.07, 6.45) is 4.11. The SMILES string of the molecule is CCCNC(=O)c1cn(C(C)(C)C)c2nc(NC(=O)c3ccc(C)c(F)c3)ncc12. The maximum absolute atomic E-state index is 13.8. The van der Waals surface area contributed by atoms with E-state index < -0.39 is 11.7 Å². The molecule has 3 aromatic rings. The van der Waals surface area contributed by atoms with Gasteiger partial charge in [-0.3, -0.25) is 14.9 Å². The molecule has 0 aliphatic heterocycles. The van der Waals surface area contributed by atoms with Crippen molar-refractivity contribution in [1.82, 2.24) is 19.9 Å². The van der Waals surface area contributed by atoms with E-state index in [1.807, 2.05) is 32.3 Å². The van der Waals surface area contributed by atoms with Crippen molar-refractivity contribution in [3.05, 3.63) is 53.1 Å². The minimum Gasteiger partial charge on any atom is -0.352 e. The highest BCUT2D eigenvalue weighted by atomic mass is 19.1. The molecule has 3 rings (SSSR count). The summed E-state index contributed by atoms with van der Waals surface area (Å²) in [6.45, 7) is 10.2. The second kappa shape index (κ2) is 8.22. The molecule has 2 aromatic heterocycles. The lowest BCUT2D eigenvalue weighted by molar-refractivity contribution is 0.0954. The highest BCUT2D eigenvalue weighted by Gasteiger charge is 2.23. The third kappa shape index (κ3) is 4.32. The number of rotatable bonds is 5. The van der Waals surface area contributed by atoms with Gasteiger partial charge in [0.2, 0.25) is 5.95 Å². The maximum atomic E-state index is 13.8. The molecule has 0 saturated carbocycles. The van der Waals surface area contributed by atoms with Gasteiger partial charge in [-0.05, 0) is 51.8 Å². The molecule has 2 amide bonds. The molecular weight excluding hydrogens is 385 g/mol. The quantitative estimate of drug-likeness (QED) is 0.664. The number of anilines is 1. The molecule has 0 saturated heterocycles. The number of benzene rings is 1. The van der Waals surface area contributed by atoms with Gasteiger partial charge < -0.3 is 9.88 Å². The van der Waals surface area contributed by atoms with Gasteiger partial charge in [0.15, 0.2) is 0 Å². The summed E-state index contributed by atoms with van der Waals surface area (Å²) in [5, 5.41) is 6.07. The van der Waals surface area contributed by atoms with Gasteiger partial charge in [0.1, 0.15) is 11.5 Å². The maximum Gasteiger partial charge on any atom is 0.258 e. The Morgan fingerprint density at radius 3 is 2.57 bits per heavy atom. The zero-order valence-electron chi connectivity index (χ0n) is 17.8. The molecule has 158 valence electrons.